The Hall–Kier alpha value is -2.22. The van der Waals surface area contributed by atoms with Gasteiger partial charge in [-0.05, 0) is 24.6 Å². The molecule has 0 aliphatic heterocycles. The zero-order chi connectivity index (χ0) is 14.5. The third-order valence-corrected chi connectivity index (χ3v) is 3.21. The van der Waals surface area contributed by atoms with Gasteiger partial charge in [-0.25, -0.2) is 9.18 Å². The number of urea groups is 1. The zero-order valence-electron chi connectivity index (χ0n) is 10.9. The second kappa shape index (κ2) is 6.29. The van der Waals surface area contributed by atoms with Crippen LogP contribution >= 0.6 is 11.3 Å². The molecule has 0 radical (unpaired) electrons. The van der Waals surface area contributed by atoms with Gasteiger partial charge >= 0.3 is 6.03 Å². The quantitative estimate of drug-likeness (QED) is 0.909. The Morgan fingerprint density at radius 3 is 2.90 bits per heavy atom. The molecule has 0 spiro atoms. The molecule has 0 bridgehead atoms. The van der Waals surface area contributed by atoms with Gasteiger partial charge in [-0.2, -0.15) is 0 Å². The maximum Gasteiger partial charge on any atom is 0.321 e. The number of nitrogens with zero attached hydrogens (tertiary/aromatic N) is 2. The molecule has 1 heterocycles. The van der Waals surface area contributed by atoms with Crippen LogP contribution in [0.2, 0.25) is 0 Å². The van der Waals surface area contributed by atoms with E-state index in [1.807, 2.05) is 0 Å². The van der Waals surface area contributed by atoms with Gasteiger partial charge in [0.1, 0.15) is 5.51 Å². The summed E-state index contributed by atoms with van der Waals surface area (Å²) in [6.45, 7) is 1.75. The summed E-state index contributed by atoms with van der Waals surface area (Å²) < 4.78 is 18.4. The van der Waals surface area contributed by atoms with Crippen LogP contribution in [0.5, 0.6) is 5.75 Å². The summed E-state index contributed by atoms with van der Waals surface area (Å²) >= 11 is 1.21. The van der Waals surface area contributed by atoms with Crippen molar-refractivity contribution in [3.8, 4) is 5.75 Å². The standard InChI is InChI=1S/C12H13FN4O2S/c1-7(8-3-4-10(19-2)9(13)5-8)15-11(18)16-12-17-14-6-20-12/h3-7H,1-2H3,(H2,15,16,17,18)/t7-/m1/s1. The third kappa shape index (κ3) is 3.41. The van der Waals surface area contributed by atoms with Gasteiger partial charge < -0.3 is 10.1 Å². The van der Waals surface area contributed by atoms with Gasteiger partial charge in [0.15, 0.2) is 11.6 Å². The smallest absolute Gasteiger partial charge is 0.321 e. The maximum atomic E-state index is 13.6. The molecule has 0 fully saturated rings. The first kappa shape index (κ1) is 14.2. The van der Waals surface area contributed by atoms with Crippen molar-refractivity contribution in [2.75, 3.05) is 12.4 Å². The van der Waals surface area contributed by atoms with Crippen LogP contribution in [0.15, 0.2) is 23.7 Å². The van der Waals surface area contributed by atoms with Gasteiger partial charge in [0.05, 0.1) is 13.2 Å². The van der Waals surface area contributed by atoms with Gasteiger partial charge in [0, 0.05) is 0 Å². The molecule has 1 atom stereocenters. The minimum atomic E-state index is -0.469. The Labute approximate surface area is 119 Å². The van der Waals surface area contributed by atoms with Crippen LogP contribution in [0.3, 0.4) is 0 Å². The predicted molar refractivity (Wildman–Crippen MR) is 73.4 cm³/mol. The van der Waals surface area contributed by atoms with E-state index in [2.05, 4.69) is 20.8 Å². The number of halogens is 1. The van der Waals surface area contributed by atoms with E-state index < -0.39 is 11.8 Å². The number of amides is 2. The lowest BCUT2D eigenvalue weighted by atomic mass is 10.1. The minimum absolute atomic E-state index is 0.166. The molecule has 0 unspecified atom stereocenters. The van der Waals surface area contributed by atoms with Crippen LogP contribution in [0.4, 0.5) is 14.3 Å². The molecular weight excluding hydrogens is 283 g/mol. The van der Waals surface area contributed by atoms with Crippen LogP contribution in [0.1, 0.15) is 18.5 Å². The normalized spacial score (nSPS) is 11.8. The Morgan fingerprint density at radius 1 is 1.50 bits per heavy atom. The molecule has 0 aliphatic carbocycles. The predicted octanol–water partition coefficient (Wildman–Crippen LogP) is 2.57. The lowest BCUT2D eigenvalue weighted by Crippen LogP contribution is -2.31. The summed E-state index contributed by atoms with van der Waals surface area (Å²) in [6, 6.07) is 3.76. The first-order valence-corrected chi connectivity index (χ1v) is 6.65. The van der Waals surface area contributed by atoms with Crippen molar-refractivity contribution in [2.24, 2.45) is 0 Å². The summed E-state index contributed by atoms with van der Waals surface area (Å²) in [5.74, 6) is -0.303. The van der Waals surface area contributed by atoms with E-state index in [0.717, 1.165) is 0 Å². The molecule has 0 saturated heterocycles. The molecule has 8 heteroatoms. The molecule has 1 aromatic carbocycles. The fourth-order valence-electron chi connectivity index (χ4n) is 1.59. The highest BCUT2D eigenvalue weighted by molar-refractivity contribution is 7.13. The number of methoxy groups -OCH3 is 1. The van der Waals surface area contributed by atoms with Crippen molar-refractivity contribution in [2.45, 2.75) is 13.0 Å². The fourth-order valence-corrected chi connectivity index (χ4v) is 2.03. The number of rotatable bonds is 4. The molecular formula is C12H13FN4O2S. The van der Waals surface area contributed by atoms with Crippen LogP contribution in [0, 0.1) is 5.82 Å². The number of nitrogens with one attached hydrogen (secondary N) is 2. The van der Waals surface area contributed by atoms with Crippen molar-refractivity contribution in [3.63, 3.8) is 0 Å². The third-order valence-electron chi connectivity index (χ3n) is 2.60. The number of hydrogen-bond donors (Lipinski definition) is 2. The number of aromatic nitrogens is 2. The first-order chi connectivity index (χ1) is 9.60. The van der Waals surface area contributed by atoms with Crippen molar-refractivity contribution in [3.05, 3.63) is 35.1 Å². The molecule has 20 heavy (non-hydrogen) atoms. The number of ether oxygens (including phenoxy) is 1. The van der Waals surface area contributed by atoms with Crippen LogP contribution in [-0.2, 0) is 0 Å². The largest absolute Gasteiger partial charge is 0.494 e. The topological polar surface area (TPSA) is 76.1 Å². The Balaban J connectivity index is 1.99. The van der Waals surface area contributed by atoms with E-state index in [9.17, 15) is 9.18 Å². The van der Waals surface area contributed by atoms with E-state index in [-0.39, 0.29) is 11.8 Å². The molecule has 2 rings (SSSR count). The number of hydrogen-bond acceptors (Lipinski definition) is 5. The molecule has 1 aromatic heterocycles. The van der Waals surface area contributed by atoms with Gasteiger partial charge in [0.25, 0.3) is 0 Å². The number of anilines is 1. The summed E-state index contributed by atoms with van der Waals surface area (Å²) in [4.78, 5) is 11.7. The van der Waals surface area contributed by atoms with Crippen molar-refractivity contribution in [1.82, 2.24) is 15.5 Å². The minimum Gasteiger partial charge on any atom is -0.494 e. The molecule has 2 amide bonds. The number of carbonyl (C=O) groups is 1. The van der Waals surface area contributed by atoms with Crippen LogP contribution < -0.4 is 15.4 Å². The summed E-state index contributed by atoms with van der Waals surface area (Å²) in [7, 11) is 1.40. The average molecular weight is 296 g/mol. The highest BCUT2D eigenvalue weighted by atomic mass is 32.1. The highest BCUT2D eigenvalue weighted by Gasteiger charge is 2.13. The van der Waals surface area contributed by atoms with Gasteiger partial charge in [0.2, 0.25) is 5.13 Å². The van der Waals surface area contributed by atoms with E-state index >= 15 is 0 Å². The average Bonchev–Trinajstić information content (AvgIpc) is 2.91. The highest BCUT2D eigenvalue weighted by Crippen LogP contribution is 2.21. The monoisotopic (exact) mass is 296 g/mol. The SMILES string of the molecule is COc1ccc([C@@H](C)NC(=O)Nc2nncs2)cc1F. The summed E-state index contributed by atoms with van der Waals surface area (Å²) in [6.07, 6.45) is 0. The van der Waals surface area contributed by atoms with Crippen LogP contribution in [0.25, 0.3) is 0 Å². The lowest BCUT2D eigenvalue weighted by molar-refractivity contribution is 0.249. The Morgan fingerprint density at radius 2 is 2.30 bits per heavy atom. The molecule has 106 valence electrons. The van der Waals surface area contributed by atoms with Crippen molar-refractivity contribution >= 4 is 22.5 Å². The van der Waals surface area contributed by atoms with E-state index in [0.29, 0.717) is 10.7 Å². The number of benzene rings is 1. The molecule has 0 saturated carbocycles. The van der Waals surface area contributed by atoms with E-state index in [4.69, 9.17) is 4.74 Å². The van der Waals surface area contributed by atoms with Gasteiger partial charge in [-0.3, -0.25) is 5.32 Å². The lowest BCUT2D eigenvalue weighted by Gasteiger charge is -2.15. The zero-order valence-corrected chi connectivity index (χ0v) is 11.7. The Bertz CT molecular complexity index is 591. The maximum absolute atomic E-state index is 13.6. The van der Waals surface area contributed by atoms with Gasteiger partial charge in [-0.15, -0.1) is 10.2 Å². The van der Waals surface area contributed by atoms with Crippen LogP contribution in [-0.4, -0.2) is 23.3 Å². The molecule has 2 aromatic rings. The number of carbonyl (C=O) groups excluding carboxylic acids is 1. The second-order valence-corrected chi connectivity index (χ2v) is 4.79. The molecule has 2 N–H and O–H groups in total. The summed E-state index contributed by atoms with van der Waals surface area (Å²) in [5.41, 5.74) is 2.15. The van der Waals surface area contributed by atoms with Gasteiger partial charge in [-0.1, -0.05) is 17.4 Å². The van der Waals surface area contributed by atoms with Crippen molar-refractivity contribution in [1.29, 1.82) is 0 Å². The fraction of sp³-hybridized carbons (Fsp3) is 0.250. The second-order valence-electron chi connectivity index (χ2n) is 3.96. The van der Waals surface area contributed by atoms with E-state index in [1.165, 1.54) is 36.1 Å². The molecule has 6 nitrogen and oxygen atoms in total. The van der Waals surface area contributed by atoms with Crippen molar-refractivity contribution < 1.29 is 13.9 Å². The van der Waals surface area contributed by atoms with E-state index in [1.54, 1.807) is 13.0 Å². The Kier molecular flexibility index (Phi) is 4.46. The first-order valence-electron chi connectivity index (χ1n) is 5.77. The summed E-state index contributed by atoms with van der Waals surface area (Å²) in [5, 5.41) is 12.9. The molecule has 0 aliphatic rings.